The fourth-order valence-corrected chi connectivity index (χ4v) is 2.89. The van der Waals surface area contributed by atoms with Gasteiger partial charge in [0.25, 0.3) is 11.8 Å². The Balaban J connectivity index is 1.79. The molecule has 0 fully saturated rings. The van der Waals surface area contributed by atoms with E-state index in [2.05, 4.69) is 15.5 Å². The van der Waals surface area contributed by atoms with Gasteiger partial charge in [-0.25, -0.2) is 0 Å². The SMILES string of the molecule is CCCNC(=O)c1ccc(-c2noc(-c3ccc(C)cc3)n2)s1. The van der Waals surface area contributed by atoms with Crippen molar-refractivity contribution in [1.82, 2.24) is 15.5 Å². The molecule has 0 saturated heterocycles. The van der Waals surface area contributed by atoms with Gasteiger partial charge in [-0.1, -0.05) is 29.8 Å². The molecule has 2 heterocycles. The Hall–Kier alpha value is -2.47. The standard InChI is InChI=1S/C17H17N3O2S/c1-3-10-18-16(21)14-9-8-13(23-14)15-19-17(22-20-15)12-6-4-11(2)5-7-12/h4-9H,3,10H2,1-2H3,(H,18,21). The molecule has 3 rings (SSSR count). The molecule has 118 valence electrons. The van der Waals surface area contributed by atoms with Crippen LogP contribution in [-0.2, 0) is 0 Å². The van der Waals surface area contributed by atoms with Crippen molar-refractivity contribution in [2.45, 2.75) is 20.3 Å². The number of aromatic nitrogens is 2. The number of carbonyl (C=O) groups is 1. The average molecular weight is 327 g/mol. The van der Waals surface area contributed by atoms with Crippen LogP contribution in [-0.4, -0.2) is 22.6 Å². The number of aryl methyl sites for hydroxylation is 1. The molecular weight excluding hydrogens is 310 g/mol. The van der Waals surface area contributed by atoms with Crippen LogP contribution in [0.2, 0.25) is 0 Å². The highest BCUT2D eigenvalue weighted by Crippen LogP contribution is 2.28. The van der Waals surface area contributed by atoms with Gasteiger partial charge in [0.15, 0.2) is 0 Å². The number of nitrogens with zero attached hydrogens (tertiary/aromatic N) is 2. The van der Waals surface area contributed by atoms with Gasteiger partial charge < -0.3 is 9.84 Å². The lowest BCUT2D eigenvalue weighted by Gasteiger charge is -1.99. The van der Waals surface area contributed by atoms with E-state index < -0.39 is 0 Å². The molecule has 0 saturated carbocycles. The lowest BCUT2D eigenvalue weighted by atomic mass is 10.1. The van der Waals surface area contributed by atoms with Crippen LogP contribution in [0.15, 0.2) is 40.9 Å². The third kappa shape index (κ3) is 3.48. The number of hydrogen-bond acceptors (Lipinski definition) is 5. The molecule has 0 aliphatic rings. The van der Waals surface area contributed by atoms with Crippen LogP contribution in [0.1, 0.15) is 28.6 Å². The Labute approximate surface area is 138 Å². The summed E-state index contributed by atoms with van der Waals surface area (Å²) in [5.74, 6) is 0.913. The summed E-state index contributed by atoms with van der Waals surface area (Å²) < 4.78 is 5.32. The zero-order chi connectivity index (χ0) is 16.2. The highest BCUT2D eigenvalue weighted by atomic mass is 32.1. The molecule has 0 bridgehead atoms. The van der Waals surface area contributed by atoms with Crippen molar-refractivity contribution in [3.8, 4) is 22.2 Å². The van der Waals surface area contributed by atoms with Crippen molar-refractivity contribution in [2.24, 2.45) is 0 Å². The van der Waals surface area contributed by atoms with Crippen LogP contribution in [0.5, 0.6) is 0 Å². The van der Waals surface area contributed by atoms with Crippen molar-refractivity contribution in [2.75, 3.05) is 6.54 Å². The van der Waals surface area contributed by atoms with E-state index in [1.54, 1.807) is 6.07 Å². The van der Waals surface area contributed by atoms with Crippen molar-refractivity contribution in [1.29, 1.82) is 0 Å². The molecule has 1 N–H and O–H groups in total. The number of carbonyl (C=O) groups excluding carboxylic acids is 1. The topological polar surface area (TPSA) is 68.0 Å². The minimum absolute atomic E-state index is 0.0645. The first-order chi connectivity index (χ1) is 11.2. The quantitative estimate of drug-likeness (QED) is 0.771. The van der Waals surface area contributed by atoms with Crippen LogP contribution in [0.25, 0.3) is 22.2 Å². The first kappa shape index (κ1) is 15.4. The number of hydrogen-bond donors (Lipinski definition) is 1. The first-order valence-electron chi connectivity index (χ1n) is 7.46. The molecule has 6 heteroatoms. The Bertz CT molecular complexity index is 805. The number of rotatable bonds is 5. The van der Waals surface area contributed by atoms with E-state index in [1.807, 2.05) is 44.2 Å². The maximum absolute atomic E-state index is 11.9. The third-order valence-corrected chi connectivity index (χ3v) is 4.39. The minimum atomic E-state index is -0.0645. The van der Waals surface area contributed by atoms with Gasteiger partial charge in [0.2, 0.25) is 5.82 Å². The lowest BCUT2D eigenvalue weighted by molar-refractivity contribution is 0.0957. The summed E-state index contributed by atoms with van der Waals surface area (Å²) in [5.41, 5.74) is 2.06. The summed E-state index contributed by atoms with van der Waals surface area (Å²) in [6.07, 6.45) is 0.911. The summed E-state index contributed by atoms with van der Waals surface area (Å²) in [6, 6.07) is 11.5. The monoisotopic (exact) mass is 327 g/mol. The highest BCUT2D eigenvalue weighted by molar-refractivity contribution is 7.17. The van der Waals surface area contributed by atoms with Gasteiger partial charge in [-0.2, -0.15) is 4.98 Å². The molecule has 3 aromatic rings. The molecule has 1 aromatic carbocycles. The Kier molecular flexibility index (Phi) is 4.52. The maximum atomic E-state index is 11.9. The predicted molar refractivity (Wildman–Crippen MR) is 90.4 cm³/mol. The molecule has 0 unspecified atom stereocenters. The zero-order valence-electron chi connectivity index (χ0n) is 13.0. The average Bonchev–Trinajstić information content (AvgIpc) is 3.22. The molecule has 0 atom stereocenters. The normalized spacial score (nSPS) is 10.7. The zero-order valence-corrected chi connectivity index (χ0v) is 13.8. The number of amides is 1. The van der Waals surface area contributed by atoms with Crippen LogP contribution >= 0.6 is 11.3 Å². The van der Waals surface area contributed by atoms with E-state index in [9.17, 15) is 4.79 Å². The van der Waals surface area contributed by atoms with E-state index in [0.29, 0.717) is 23.1 Å². The first-order valence-corrected chi connectivity index (χ1v) is 8.28. The van der Waals surface area contributed by atoms with Crippen LogP contribution < -0.4 is 5.32 Å². The van der Waals surface area contributed by atoms with E-state index in [1.165, 1.54) is 16.9 Å². The van der Waals surface area contributed by atoms with Gasteiger partial charge in [0, 0.05) is 12.1 Å². The van der Waals surface area contributed by atoms with E-state index >= 15 is 0 Å². The van der Waals surface area contributed by atoms with Crippen molar-refractivity contribution >= 4 is 17.2 Å². The summed E-state index contributed by atoms with van der Waals surface area (Å²) in [6.45, 7) is 4.72. The van der Waals surface area contributed by atoms with Crippen molar-refractivity contribution in [3.05, 3.63) is 46.8 Å². The van der Waals surface area contributed by atoms with Crippen LogP contribution in [0, 0.1) is 6.92 Å². The van der Waals surface area contributed by atoms with Crippen molar-refractivity contribution < 1.29 is 9.32 Å². The lowest BCUT2D eigenvalue weighted by Crippen LogP contribution is -2.22. The van der Waals surface area contributed by atoms with Gasteiger partial charge in [0.1, 0.15) is 0 Å². The number of thiophene rings is 1. The summed E-state index contributed by atoms with van der Waals surface area (Å²) >= 11 is 1.36. The second-order valence-electron chi connectivity index (χ2n) is 5.21. The predicted octanol–water partition coefficient (Wildman–Crippen LogP) is 3.91. The van der Waals surface area contributed by atoms with Gasteiger partial charge in [-0.3, -0.25) is 4.79 Å². The van der Waals surface area contributed by atoms with Gasteiger partial charge in [-0.15, -0.1) is 11.3 Å². The largest absolute Gasteiger partial charge is 0.351 e. The minimum Gasteiger partial charge on any atom is -0.351 e. The second kappa shape index (κ2) is 6.75. The molecule has 1 amide bonds. The molecular formula is C17H17N3O2S. The second-order valence-corrected chi connectivity index (χ2v) is 6.29. The van der Waals surface area contributed by atoms with E-state index in [-0.39, 0.29) is 5.91 Å². The Morgan fingerprint density at radius 2 is 2.00 bits per heavy atom. The smallest absolute Gasteiger partial charge is 0.261 e. The van der Waals surface area contributed by atoms with Crippen LogP contribution in [0.3, 0.4) is 0 Å². The van der Waals surface area contributed by atoms with Crippen LogP contribution in [0.4, 0.5) is 0 Å². The fourth-order valence-electron chi connectivity index (χ4n) is 2.04. The van der Waals surface area contributed by atoms with Crippen molar-refractivity contribution in [3.63, 3.8) is 0 Å². The van der Waals surface area contributed by atoms with Gasteiger partial charge in [-0.05, 0) is 37.6 Å². The fraction of sp³-hybridized carbons (Fsp3) is 0.235. The Morgan fingerprint density at radius 3 is 2.74 bits per heavy atom. The molecule has 0 spiro atoms. The van der Waals surface area contributed by atoms with E-state index in [4.69, 9.17) is 4.52 Å². The molecule has 0 radical (unpaired) electrons. The summed E-state index contributed by atoms with van der Waals surface area (Å²) in [4.78, 5) is 17.8. The molecule has 5 nitrogen and oxygen atoms in total. The third-order valence-electron chi connectivity index (χ3n) is 3.31. The number of nitrogens with one attached hydrogen (secondary N) is 1. The highest BCUT2D eigenvalue weighted by Gasteiger charge is 2.15. The molecule has 23 heavy (non-hydrogen) atoms. The summed E-state index contributed by atoms with van der Waals surface area (Å²) in [7, 11) is 0. The van der Waals surface area contributed by atoms with Gasteiger partial charge in [0.05, 0.1) is 9.75 Å². The molecule has 0 aliphatic heterocycles. The number of benzene rings is 1. The maximum Gasteiger partial charge on any atom is 0.261 e. The summed E-state index contributed by atoms with van der Waals surface area (Å²) in [5, 5.41) is 6.87. The molecule has 2 aromatic heterocycles. The van der Waals surface area contributed by atoms with E-state index in [0.717, 1.165) is 16.9 Å². The molecule has 0 aliphatic carbocycles. The Morgan fingerprint density at radius 1 is 1.22 bits per heavy atom. The van der Waals surface area contributed by atoms with Gasteiger partial charge >= 0.3 is 0 Å².